The molecular weight excluding hydrogens is 371 g/mol. The van der Waals surface area contributed by atoms with Gasteiger partial charge in [0, 0.05) is 21.0 Å². The van der Waals surface area contributed by atoms with E-state index in [1.165, 1.54) is 17.7 Å². The van der Waals surface area contributed by atoms with Crippen molar-refractivity contribution in [2.75, 3.05) is 5.32 Å². The molecule has 6 heteroatoms. The summed E-state index contributed by atoms with van der Waals surface area (Å²) in [4.78, 5) is 14.3. The predicted octanol–water partition coefficient (Wildman–Crippen LogP) is 6.42. The number of hydrogen-bond donors (Lipinski definition) is 1. The molecule has 3 rings (SSSR count). The van der Waals surface area contributed by atoms with Crippen LogP contribution in [-0.4, -0.2) is 5.91 Å². The predicted molar refractivity (Wildman–Crippen MR) is 101 cm³/mol. The summed E-state index contributed by atoms with van der Waals surface area (Å²) < 4.78 is 38.3. The van der Waals surface area contributed by atoms with Crippen molar-refractivity contribution in [2.24, 2.45) is 0 Å². The molecular formula is C21H16F3NOS. The van der Waals surface area contributed by atoms with E-state index in [9.17, 15) is 18.0 Å². The largest absolute Gasteiger partial charge is 0.416 e. The van der Waals surface area contributed by atoms with Crippen LogP contribution in [0.25, 0.3) is 0 Å². The van der Waals surface area contributed by atoms with E-state index in [2.05, 4.69) is 5.32 Å². The van der Waals surface area contributed by atoms with Gasteiger partial charge >= 0.3 is 6.18 Å². The molecule has 3 aromatic carbocycles. The second-order valence-electron chi connectivity index (χ2n) is 5.97. The lowest BCUT2D eigenvalue weighted by Gasteiger charge is -2.10. The van der Waals surface area contributed by atoms with Crippen LogP contribution in [0.1, 0.15) is 21.5 Å². The molecule has 0 saturated carbocycles. The number of rotatable bonds is 4. The van der Waals surface area contributed by atoms with Crippen molar-refractivity contribution in [1.29, 1.82) is 0 Å². The van der Waals surface area contributed by atoms with Gasteiger partial charge in [0.2, 0.25) is 0 Å². The maximum absolute atomic E-state index is 12.8. The third-order valence-corrected chi connectivity index (χ3v) is 4.84. The first-order valence-electron chi connectivity index (χ1n) is 8.14. The number of aryl methyl sites for hydroxylation is 1. The van der Waals surface area contributed by atoms with Crippen molar-refractivity contribution in [1.82, 2.24) is 0 Å². The van der Waals surface area contributed by atoms with Crippen LogP contribution >= 0.6 is 11.8 Å². The molecule has 0 bridgehead atoms. The Morgan fingerprint density at radius 1 is 0.889 bits per heavy atom. The minimum atomic E-state index is -4.48. The lowest BCUT2D eigenvalue weighted by atomic mass is 10.1. The fourth-order valence-electron chi connectivity index (χ4n) is 2.39. The highest BCUT2D eigenvalue weighted by atomic mass is 32.2. The van der Waals surface area contributed by atoms with E-state index in [1.807, 2.05) is 43.3 Å². The third kappa shape index (κ3) is 5.14. The molecule has 0 saturated heterocycles. The van der Waals surface area contributed by atoms with E-state index in [0.717, 1.165) is 21.9 Å². The van der Waals surface area contributed by atoms with Gasteiger partial charge in [0.25, 0.3) is 5.91 Å². The Labute approximate surface area is 159 Å². The van der Waals surface area contributed by atoms with Crippen LogP contribution in [0.5, 0.6) is 0 Å². The van der Waals surface area contributed by atoms with Gasteiger partial charge in [-0.2, -0.15) is 13.2 Å². The summed E-state index contributed by atoms with van der Waals surface area (Å²) in [5, 5.41) is 2.62. The second-order valence-corrected chi connectivity index (χ2v) is 7.12. The van der Waals surface area contributed by atoms with Gasteiger partial charge in [0.15, 0.2) is 0 Å². The minimum Gasteiger partial charge on any atom is -0.322 e. The molecule has 1 N–H and O–H groups in total. The van der Waals surface area contributed by atoms with Crippen LogP contribution in [0.3, 0.4) is 0 Å². The quantitative estimate of drug-likeness (QED) is 0.560. The van der Waals surface area contributed by atoms with Crippen LogP contribution in [0.15, 0.2) is 82.6 Å². The van der Waals surface area contributed by atoms with E-state index in [4.69, 9.17) is 0 Å². The van der Waals surface area contributed by atoms with Gasteiger partial charge in [-0.15, -0.1) is 0 Å². The zero-order valence-electron chi connectivity index (χ0n) is 14.4. The first-order chi connectivity index (χ1) is 12.8. The van der Waals surface area contributed by atoms with Crippen molar-refractivity contribution >= 4 is 23.4 Å². The van der Waals surface area contributed by atoms with Gasteiger partial charge in [0.1, 0.15) is 0 Å². The molecule has 138 valence electrons. The average Bonchev–Trinajstić information content (AvgIpc) is 2.64. The first-order valence-corrected chi connectivity index (χ1v) is 8.96. The Morgan fingerprint density at radius 2 is 1.48 bits per heavy atom. The zero-order valence-corrected chi connectivity index (χ0v) is 15.2. The standard InChI is InChI=1S/C21H16F3NOS/c1-14-5-9-18(10-6-14)27-19-11-7-17(8-12-19)25-20(26)15-3-2-4-16(13-15)21(22,23)24/h2-13H,1H3,(H,25,26). The minimum absolute atomic E-state index is 0.0390. The second kappa shape index (κ2) is 7.88. The Bertz CT molecular complexity index is 935. The molecule has 0 aromatic heterocycles. The molecule has 0 radical (unpaired) electrons. The molecule has 3 aromatic rings. The summed E-state index contributed by atoms with van der Waals surface area (Å²) in [6.45, 7) is 2.02. The number of benzene rings is 3. The zero-order chi connectivity index (χ0) is 19.4. The van der Waals surface area contributed by atoms with Crippen LogP contribution in [0.4, 0.5) is 18.9 Å². The highest BCUT2D eigenvalue weighted by Crippen LogP contribution is 2.30. The number of carbonyl (C=O) groups is 1. The molecule has 0 unspecified atom stereocenters. The Kier molecular flexibility index (Phi) is 5.56. The fraction of sp³-hybridized carbons (Fsp3) is 0.0952. The lowest BCUT2D eigenvalue weighted by molar-refractivity contribution is -0.137. The summed E-state index contributed by atoms with van der Waals surface area (Å²) in [6.07, 6.45) is -4.48. The third-order valence-electron chi connectivity index (χ3n) is 3.82. The van der Waals surface area contributed by atoms with Gasteiger partial charge in [-0.05, 0) is 61.5 Å². The van der Waals surface area contributed by atoms with E-state index in [1.54, 1.807) is 23.9 Å². The number of anilines is 1. The molecule has 0 spiro atoms. The number of alkyl halides is 3. The average molecular weight is 387 g/mol. The molecule has 27 heavy (non-hydrogen) atoms. The van der Waals surface area contributed by atoms with Crippen molar-refractivity contribution in [2.45, 2.75) is 22.9 Å². The van der Waals surface area contributed by atoms with Crippen LogP contribution in [0, 0.1) is 6.92 Å². The number of hydrogen-bond acceptors (Lipinski definition) is 2. The maximum atomic E-state index is 12.8. The SMILES string of the molecule is Cc1ccc(Sc2ccc(NC(=O)c3cccc(C(F)(F)F)c3)cc2)cc1. The summed E-state index contributed by atoms with van der Waals surface area (Å²) in [6, 6.07) is 19.6. The topological polar surface area (TPSA) is 29.1 Å². The monoisotopic (exact) mass is 387 g/mol. The van der Waals surface area contributed by atoms with E-state index < -0.39 is 17.6 Å². The van der Waals surface area contributed by atoms with Gasteiger partial charge in [0.05, 0.1) is 5.56 Å². The lowest BCUT2D eigenvalue weighted by Crippen LogP contribution is -2.13. The molecule has 0 aliphatic rings. The van der Waals surface area contributed by atoms with E-state index in [-0.39, 0.29) is 5.56 Å². The molecule has 0 fully saturated rings. The molecule has 1 amide bonds. The smallest absolute Gasteiger partial charge is 0.322 e. The van der Waals surface area contributed by atoms with Crippen molar-refractivity contribution in [3.8, 4) is 0 Å². The molecule has 2 nitrogen and oxygen atoms in total. The molecule has 0 heterocycles. The number of carbonyl (C=O) groups excluding carboxylic acids is 1. The van der Waals surface area contributed by atoms with Crippen molar-refractivity contribution < 1.29 is 18.0 Å². The maximum Gasteiger partial charge on any atom is 0.416 e. The molecule has 0 atom stereocenters. The van der Waals surface area contributed by atoms with Crippen molar-refractivity contribution in [3.05, 3.63) is 89.5 Å². The van der Waals surface area contributed by atoms with Gasteiger partial charge in [-0.3, -0.25) is 4.79 Å². The fourth-order valence-corrected chi connectivity index (χ4v) is 3.21. The number of amides is 1. The van der Waals surface area contributed by atoms with E-state index in [0.29, 0.717) is 5.69 Å². The Morgan fingerprint density at radius 3 is 2.07 bits per heavy atom. The highest BCUT2D eigenvalue weighted by molar-refractivity contribution is 7.99. The summed E-state index contributed by atoms with van der Waals surface area (Å²) >= 11 is 1.59. The summed E-state index contributed by atoms with van der Waals surface area (Å²) in [5.41, 5.74) is 0.820. The molecule has 0 aliphatic carbocycles. The number of halogens is 3. The first kappa shape index (κ1) is 19.0. The summed E-state index contributed by atoms with van der Waals surface area (Å²) in [7, 11) is 0. The molecule has 0 aliphatic heterocycles. The number of nitrogens with one attached hydrogen (secondary N) is 1. The van der Waals surface area contributed by atoms with Crippen LogP contribution in [0.2, 0.25) is 0 Å². The van der Waals surface area contributed by atoms with Crippen LogP contribution < -0.4 is 5.32 Å². The van der Waals surface area contributed by atoms with Crippen LogP contribution in [-0.2, 0) is 6.18 Å². The normalized spacial score (nSPS) is 11.3. The van der Waals surface area contributed by atoms with Gasteiger partial charge < -0.3 is 5.32 Å². The Hall–Kier alpha value is -2.73. The highest BCUT2D eigenvalue weighted by Gasteiger charge is 2.30. The van der Waals surface area contributed by atoms with E-state index >= 15 is 0 Å². The van der Waals surface area contributed by atoms with Gasteiger partial charge in [-0.25, -0.2) is 0 Å². The van der Waals surface area contributed by atoms with Crippen molar-refractivity contribution in [3.63, 3.8) is 0 Å². The van der Waals surface area contributed by atoms with Gasteiger partial charge in [-0.1, -0.05) is 35.5 Å². The Balaban J connectivity index is 1.67. The summed E-state index contributed by atoms with van der Waals surface area (Å²) in [5.74, 6) is -0.583.